The van der Waals surface area contributed by atoms with Crippen LogP contribution in [0.5, 0.6) is 23.0 Å². The topological polar surface area (TPSA) is 159 Å². The van der Waals surface area contributed by atoms with E-state index in [9.17, 15) is 19.2 Å². The van der Waals surface area contributed by atoms with Gasteiger partial charge in [0.2, 0.25) is 5.91 Å². The highest BCUT2D eigenvalue weighted by Crippen LogP contribution is 2.52. The van der Waals surface area contributed by atoms with Gasteiger partial charge in [0.25, 0.3) is 5.91 Å². The summed E-state index contributed by atoms with van der Waals surface area (Å²) in [6.45, 7) is 5.32. The Labute approximate surface area is 334 Å². The molecule has 3 aromatic carbocycles. The lowest BCUT2D eigenvalue weighted by Crippen LogP contribution is -2.64. The fraction of sp³-hybridized carbons (Fsp3) is 0.405. The number of amides is 3. The number of methoxy groups -OCH3 is 2. The average Bonchev–Trinajstić information content (AvgIpc) is 3.53. The summed E-state index contributed by atoms with van der Waals surface area (Å²) in [6.07, 6.45) is -0.964. The van der Waals surface area contributed by atoms with Gasteiger partial charge >= 0.3 is 20.1 Å². The van der Waals surface area contributed by atoms with Crippen molar-refractivity contribution in [3.63, 3.8) is 0 Å². The van der Waals surface area contributed by atoms with Crippen LogP contribution in [0.4, 0.5) is 4.79 Å². The maximum absolute atomic E-state index is 14.4. The van der Waals surface area contributed by atoms with Crippen molar-refractivity contribution in [1.29, 1.82) is 0 Å². The van der Waals surface area contributed by atoms with E-state index in [1.165, 1.54) is 34.8 Å². The van der Waals surface area contributed by atoms with Crippen LogP contribution in [0.15, 0.2) is 60.7 Å². The van der Waals surface area contributed by atoms with Crippen molar-refractivity contribution in [3.05, 3.63) is 82.4 Å². The van der Waals surface area contributed by atoms with Crippen LogP contribution in [0.2, 0.25) is 5.02 Å². The second-order valence-electron chi connectivity index (χ2n) is 13.5. The van der Waals surface area contributed by atoms with Crippen LogP contribution in [0.1, 0.15) is 42.3 Å². The lowest BCUT2D eigenvalue weighted by atomic mass is 10.1. The lowest BCUT2D eigenvalue weighted by molar-refractivity contribution is -0.144. The van der Waals surface area contributed by atoms with E-state index in [4.69, 9.17) is 49.1 Å². The molecule has 14 nitrogen and oxygen atoms in total. The Morgan fingerprint density at radius 2 is 1.56 bits per heavy atom. The molecule has 3 atom stereocenters. The van der Waals surface area contributed by atoms with E-state index in [2.05, 4.69) is 4.65 Å². The van der Waals surface area contributed by atoms with E-state index in [1.807, 2.05) is 36.4 Å². The van der Waals surface area contributed by atoms with Gasteiger partial charge in [-0.15, -0.1) is 23.5 Å². The quantitative estimate of drug-likeness (QED) is 0.124. The number of carbonyl (C=O) groups is 4. The van der Waals surface area contributed by atoms with E-state index in [0.29, 0.717) is 11.5 Å². The van der Waals surface area contributed by atoms with Crippen molar-refractivity contribution in [2.45, 2.75) is 55.1 Å². The Morgan fingerprint density at radius 1 is 0.982 bits per heavy atom. The van der Waals surface area contributed by atoms with Gasteiger partial charge < -0.3 is 39.0 Å². The minimum Gasteiger partial charge on any atom is -0.542 e. The van der Waals surface area contributed by atoms with Crippen LogP contribution in [-0.2, 0) is 32.2 Å². The number of imide groups is 1. The number of benzene rings is 3. The number of fused-ring (bicyclic) bond motifs is 1. The highest BCUT2D eigenvalue weighted by Gasteiger charge is 2.61. The first-order valence-electron chi connectivity index (χ1n) is 17.0. The fourth-order valence-electron chi connectivity index (χ4n) is 5.60. The molecule has 0 spiro atoms. The number of ether oxygens (including phenoxy) is 5. The van der Waals surface area contributed by atoms with Crippen LogP contribution in [0, 0.1) is 0 Å². The summed E-state index contributed by atoms with van der Waals surface area (Å²) in [7, 11) is 9.96. The molecule has 5 rings (SSSR count). The predicted octanol–water partition coefficient (Wildman–Crippen LogP) is 5.04. The van der Waals surface area contributed by atoms with Crippen LogP contribution in [0.25, 0.3) is 0 Å². The van der Waals surface area contributed by atoms with Crippen LogP contribution >= 0.6 is 35.1 Å². The summed E-state index contributed by atoms with van der Waals surface area (Å²) < 4.78 is 31.9. The van der Waals surface area contributed by atoms with Crippen LogP contribution < -0.4 is 24.7 Å². The zero-order valence-corrected chi connectivity index (χ0v) is 33.6. The zero-order valence-electron chi connectivity index (χ0n) is 31.2. The number of β-lactam (4-membered cyclic amide) rings is 1. The van der Waals surface area contributed by atoms with Gasteiger partial charge in [-0.1, -0.05) is 35.9 Å². The number of hydrogen-bond donors (Lipinski definition) is 1. The molecule has 0 bridgehead atoms. The Hall–Kier alpha value is -4.29. The van der Waals surface area contributed by atoms with E-state index >= 15 is 0 Å². The highest BCUT2D eigenvalue weighted by molar-refractivity contribution is 8.20. The Morgan fingerprint density at radius 3 is 2.09 bits per heavy atom. The fourth-order valence-corrected chi connectivity index (χ4v) is 9.11. The molecule has 2 radical (unpaired) electrons. The third-order valence-corrected chi connectivity index (χ3v) is 12.2. The van der Waals surface area contributed by atoms with E-state index in [-0.39, 0.29) is 60.0 Å². The second kappa shape index (κ2) is 17.7. The molecule has 0 saturated carbocycles. The summed E-state index contributed by atoms with van der Waals surface area (Å²) in [5, 5.41) is 1.70. The van der Waals surface area contributed by atoms with Gasteiger partial charge in [-0.25, -0.2) is 9.80 Å². The molecule has 2 fully saturated rings. The summed E-state index contributed by atoms with van der Waals surface area (Å²) in [5.74, 6) is 0.0750. The predicted molar refractivity (Wildman–Crippen MR) is 209 cm³/mol. The number of nitrogens with zero attached hydrogens (tertiary/aromatic N) is 3. The molecule has 0 aromatic heterocycles. The van der Waals surface area contributed by atoms with Gasteiger partial charge in [-0.2, -0.15) is 5.01 Å². The van der Waals surface area contributed by atoms with Crippen molar-refractivity contribution in [2.75, 3.05) is 40.1 Å². The molecule has 292 valence electrons. The minimum atomic E-state index is -1.26. The second-order valence-corrected chi connectivity index (χ2v) is 17.0. The van der Waals surface area contributed by atoms with Crippen LogP contribution in [-0.4, -0.2) is 108 Å². The number of hydrazine groups is 1. The maximum Gasteiger partial charge on any atom is 0.432 e. The molecular weight excluding hydrogens is 771 g/mol. The third-order valence-electron chi connectivity index (χ3n) is 8.53. The Balaban J connectivity index is 1.41. The SMILES string of the molecule is [B]OC(=O)[C@@]1(SCCN(C)N(C(=O)OC(C)(C)C)C(=O)c2ccc(OCc3ccc(OC)cc3)c(OCc3ccc(OC)cc3)c2Cl)CN2C(=O)[C@@H](N)[C@H]2S1. The molecule has 55 heavy (non-hydrogen) atoms. The summed E-state index contributed by atoms with van der Waals surface area (Å²) in [5.41, 5.74) is 6.55. The van der Waals surface area contributed by atoms with E-state index in [0.717, 1.165) is 27.9 Å². The number of hydrogen-bond acceptors (Lipinski definition) is 14. The first kappa shape index (κ1) is 41.9. The molecule has 0 unspecified atom stereocenters. The minimum absolute atomic E-state index is 0.0375. The van der Waals surface area contributed by atoms with Gasteiger partial charge in [0.1, 0.15) is 41.7 Å². The molecule has 2 aliphatic rings. The number of rotatable bonds is 15. The van der Waals surface area contributed by atoms with E-state index in [1.54, 1.807) is 53.2 Å². The molecular formula is C37H42BClN4O10S2. The van der Waals surface area contributed by atoms with Crippen molar-refractivity contribution >= 4 is 67.1 Å². The van der Waals surface area contributed by atoms with Crippen molar-refractivity contribution < 1.29 is 47.5 Å². The standard InChI is InChI=1S/C37H42BClN4O10S2/c1-36(2,3)52-35(47)43(41(4)17-18-54-37(34(46)53-38)21-42-32(45)29(40)33(42)55-37)31(44)26-15-16-27(50-19-22-7-11-24(48-5)12-8-22)30(28(26)39)51-20-23-9-13-25(49-6)14-10-23/h7-16,29,33H,17-21,40H2,1-6H3/t29-,33-,37-/m1/s1. The van der Waals surface area contributed by atoms with Crippen molar-refractivity contribution in [3.8, 4) is 23.0 Å². The van der Waals surface area contributed by atoms with E-state index < -0.39 is 39.1 Å². The zero-order chi connectivity index (χ0) is 40.1. The highest BCUT2D eigenvalue weighted by atomic mass is 35.5. The Bertz CT molecular complexity index is 1890. The molecule has 3 amide bonds. The molecule has 2 heterocycles. The van der Waals surface area contributed by atoms with Gasteiger partial charge in [0, 0.05) is 19.3 Å². The molecule has 18 heteroatoms. The largest absolute Gasteiger partial charge is 0.542 e. The molecule has 3 aromatic rings. The maximum atomic E-state index is 14.4. The average molecular weight is 813 g/mol. The van der Waals surface area contributed by atoms with Gasteiger partial charge in [0.05, 0.1) is 31.4 Å². The third kappa shape index (κ3) is 9.58. The van der Waals surface area contributed by atoms with Gasteiger partial charge in [-0.05, 0) is 68.3 Å². The molecule has 2 aliphatic heterocycles. The number of halogens is 1. The van der Waals surface area contributed by atoms with Gasteiger partial charge in [-0.3, -0.25) is 14.4 Å². The first-order chi connectivity index (χ1) is 26.1. The summed E-state index contributed by atoms with van der Waals surface area (Å²) in [6, 6.07) is 16.8. The number of thioether (sulfide) groups is 2. The number of carbonyl (C=O) groups excluding carboxylic acids is 4. The lowest BCUT2D eigenvalue weighted by Gasteiger charge is -2.38. The molecule has 2 saturated heterocycles. The van der Waals surface area contributed by atoms with Crippen molar-refractivity contribution in [1.82, 2.24) is 14.9 Å². The first-order valence-corrected chi connectivity index (χ1v) is 19.3. The monoisotopic (exact) mass is 812 g/mol. The smallest absolute Gasteiger partial charge is 0.432 e. The van der Waals surface area contributed by atoms with Crippen LogP contribution in [0.3, 0.4) is 0 Å². The van der Waals surface area contributed by atoms with Gasteiger partial charge in [0.15, 0.2) is 15.6 Å². The van der Waals surface area contributed by atoms with Crippen molar-refractivity contribution in [2.24, 2.45) is 5.73 Å². The number of nitrogens with two attached hydrogens (primary N) is 1. The summed E-state index contributed by atoms with van der Waals surface area (Å²) >= 11 is 9.32. The normalized spacial score (nSPS) is 18.9. The molecule has 2 N–H and O–H groups in total. The summed E-state index contributed by atoms with van der Waals surface area (Å²) in [4.78, 5) is 54.8. The molecule has 0 aliphatic carbocycles. The Kier molecular flexibility index (Phi) is 13.5.